The maximum Gasteiger partial charge on any atom is 0.293 e. The van der Waals surface area contributed by atoms with Crippen molar-refractivity contribution in [2.24, 2.45) is 0 Å². The summed E-state index contributed by atoms with van der Waals surface area (Å²) in [4.78, 5) is 30.1. The molecular weight excluding hydrogens is 794 g/mol. The van der Waals surface area contributed by atoms with Crippen LogP contribution < -0.4 is 19.7 Å². The van der Waals surface area contributed by atoms with E-state index in [1.54, 1.807) is 19.2 Å². The van der Waals surface area contributed by atoms with Crippen molar-refractivity contribution in [3.05, 3.63) is 141 Å². The number of hydrogen-bond acceptors (Lipinski definition) is 10. The van der Waals surface area contributed by atoms with E-state index in [1.165, 1.54) is 35.0 Å². The molecule has 0 bridgehead atoms. The molecule has 11 nitrogen and oxygen atoms in total. The maximum atomic E-state index is 13.3. The van der Waals surface area contributed by atoms with Crippen LogP contribution in [0.1, 0.15) is 27.9 Å². The van der Waals surface area contributed by atoms with Gasteiger partial charge in [0, 0.05) is 71.8 Å². The Morgan fingerprint density at radius 2 is 1.75 bits per heavy atom. The number of hydrogen-bond donors (Lipinski definition) is 2. The second kappa shape index (κ2) is 18.0. The first-order valence-electron chi connectivity index (χ1n) is 17.9. The topological polar surface area (TPSA) is 134 Å². The fourth-order valence-electron chi connectivity index (χ4n) is 7.27. The number of sulfonamides is 1. The molecule has 2 aliphatic heterocycles. The van der Waals surface area contributed by atoms with Gasteiger partial charge in [-0.1, -0.05) is 60.1 Å². The van der Waals surface area contributed by atoms with Crippen LogP contribution in [0.25, 0.3) is 11.1 Å². The summed E-state index contributed by atoms with van der Waals surface area (Å²) >= 11 is 7.66. The molecule has 0 radical (unpaired) electrons. The number of thioether (sulfide) groups is 1. The highest BCUT2D eigenvalue weighted by molar-refractivity contribution is 7.99. The molecule has 0 unspecified atom stereocenters. The molecule has 15 heteroatoms. The maximum absolute atomic E-state index is 13.3. The number of piperazine rings is 1. The molecule has 5 aromatic rings. The van der Waals surface area contributed by atoms with E-state index in [4.69, 9.17) is 16.3 Å². The molecule has 292 valence electrons. The Labute approximate surface area is 342 Å². The number of nitro benzene ring substituents is 1. The Balaban J connectivity index is 0.00000532. The van der Waals surface area contributed by atoms with Gasteiger partial charge in [-0.05, 0) is 89.7 Å². The highest BCUT2D eigenvalue weighted by atomic mass is 35.5. The quantitative estimate of drug-likeness (QED) is 0.0517. The van der Waals surface area contributed by atoms with Crippen LogP contribution in [-0.4, -0.2) is 69.2 Å². The number of fused-ring (bicyclic) bond motifs is 3. The van der Waals surface area contributed by atoms with Crippen molar-refractivity contribution in [3.63, 3.8) is 0 Å². The van der Waals surface area contributed by atoms with Crippen molar-refractivity contribution in [2.45, 2.75) is 35.2 Å². The molecule has 2 heterocycles. The van der Waals surface area contributed by atoms with E-state index in [9.17, 15) is 23.3 Å². The number of para-hydroxylation sites is 1. The van der Waals surface area contributed by atoms with Gasteiger partial charge in [-0.15, -0.1) is 24.2 Å². The number of nitro groups is 1. The van der Waals surface area contributed by atoms with E-state index in [1.807, 2.05) is 42.5 Å². The second-order valence-corrected chi connectivity index (χ2v) is 16.7. The minimum Gasteiger partial charge on any atom is -0.496 e. The monoisotopic (exact) mass is 833 g/mol. The lowest BCUT2D eigenvalue weighted by molar-refractivity contribution is -0.384. The SMILES string of the molecule is COc1ccccc1SCCNc1ccc(S(=O)(=O)NC(=O)c2ccc3c(c2)CC[C@H]2CN(Cc4ccccc4-c4ccc(Cl)cc4)CCN32)cc1[N+](=O)[O-].Cl. The van der Waals surface area contributed by atoms with Gasteiger partial charge in [0.1, 0.15) is 11.4 Å². The summed E-state index contributed by atoms with van der Waals surface area (Å²) in [6.45, 7) is 3.80. The zero-order valence-electron chi connectivity index (χ0n) is 30.5. The van der Waals surface area contributed by atoms with Gasteiger partial charge in [-0.25, -0.2) is 13.1 Å². The Hall–Kier alpha value is -4.79. The predicted octanol–water partition coefficient (Wildman–Crippen LogP) is 8.31. The van der Waals surface area contributed by atoms with Crippen LogP contribution in [0.5, 0.6) is 5.75 Å². The molecule has 56 heavy (non-hydrogen) atoms. The molecule has 1 saturated heterocycles. The van der Waals surface area contributed by atoms with Crippen molar-refractivity contribution < 1.29 is 22.9 Å². The standard InChI is InChI=1S/C41H40ClN5O6S2.ClH/c1-53-39-8-4-5-9-40(39)54-23-20-43-36-18-17-34(25-38(36)47(49)50)55(51,52)44-41(48)30-13-19-37-29(24-30)12-16-33-27-45(21-22-46(33)37)26-31-6-2-3-7-35(31)28-10-14-32(42)15-11-28;/h2-11,13-15,17-19,24-25,33,43H,12,16,20-23,26-27H2,1H3,(H,44,48);1H/t33-;/m0./s1. The van der Waals surface area contributed by atoms with Gasteiger partial charge < -0.3 is 15.0 Å². The van der Waals surface area contributed by atoms with Crippen LogP contribution >= 0.6 is 35.8 Å². The largest absolute Gasteiger partial charge is 0.496 e. The minimum atomic E-state index is -4.42. The Morgan fingerprint density at radius 3 is 2.54 bits per heavy atom. The highest BCUT2D eigenvalue weighted by Crippen LogP contribution is 2.35. The third kappa shape index (κ3) is 9.25. The van der Waals surface area contributed by atoms with Crippen LogP contribution in [0.3, 0.4) is 0 Å². The number of rotatable bonds is 13. The summed E-state index contributed by atoms with van der Waals surface area (Å²) in [5, 5.41) is 15.7. The van der Waals surface area contributed by atoms with Crippen LogP contribution in [0.15, 0.2) is 119 Å². The lowest BCUT2D eigenvalue weighted by Gasteiger charge is -2.46. The number of carbonyl (C=O) groups is 1. The molecule has 2 N–H and O–H groups in total. The minimum absolute atomic E-state index is 0. The molecule has 1 amide bonds. The van der Waals surface area contributed by atoms with Gasteiger partial charge in [-0.2, -0.15) is 0 Å². The number of benzene rings is 5. The summed E-state index contributed by atoms with van der Waals surface area (Å²) in [5.74, 6) is 0.511. The summed E-state index contributed by atoms with van der Waals surface area (Å²) in [7, 11) is -2.82. The number of methoxy groups -OCH3 is 1. The summed E-state index contributed by atoms with van der Waals surface area (Å²) < 4.78 is 34.1. The molecule has 0 aromatic heterocycles. The number of nitrogens with zero attached hydrogens (tertiary/aromatic N) is 3. The van der Waals surface area contributed by atoms with Crippen LogP contribution in [-0.2, 0) is 23.0 Å². The lowest BCUT2D eigenvalue weighted by atomic mass is 9.92. The highest BCUT2D eigenvalue weighted by Gasteiger charge is 2.33. The van der Waals surface area contributed by atoms with Crippen molar-refractivity contribution in [1.82, 2.24) is 9.62 Å². The molecule has 5 aromatic carbocycles. The Kier molecular flexibility index (Phi) is 13.1. The molecule has 1 fully saturated rings. The number of halogens is 2. The average molecular weight is 835 g/mol. The van der Waals surface area contributed by atoms with Crippen LogP contribution in [0.4, 0.5) is 17.1 Å². The third-order valence-electron chi connectivity index (χ3n) is 9.98. The first-order chi connectivity index (χ1) is 26.6. The summed E-state index contributed by atoms with van der Waals surface area (Å²) in [6.07, 6.45) is 1.65. The van der Waals surface area contributed by atoms with Crippen LogP contribution in [0.2, 0.25) is 5.02 Å². The Bertz CT molecular complexity index is 2330. The molecule has 0 aliphatic carbocycles. The summed E-state index contributed by atoms with van der Waals surface area (Å²) in [5.41, 5.74) is 5.60. The first-order valence-corrected chi connectivity index (χ1v) is 20.8. The van der Waals surface area contributed by atoms with Crippen molar-refractivity contribution in [3.8, 4) is 16.9 Å². The van der Waals surface area contributed by atoms with E-state index in [0.717, 1.165) is 72.5 Å². The van der Waals surface area contributed by atoms with E-state index < -0.39 is 26.5 Å². The number of amides is 1. The van der Waals surface area contributed by atoms with Crippen molar-refractivity contribution in [2.75, 3.05) is 49.3 Å². The number of ether oxygens (including phenoxy) is 1. The molecule has 0 saturated carbocycles. The normalized spacial score (nSPS) is 15.2. The van der Waals surface area contributed by atoms with E-state index in [2.05, 4.69) is 56.2 Å². The van der Waals surface area contributed by atoms with Gasteiger partial charge in [0.15, 0.2) is 0 Å². The lowest BCUT2D eigenvalue weighted by Crippen LogP contribution is -2.54. The fraction of sp³-hybridized carbons (Fsp3) is 0.244. The van der Waals surface area contributed by atoms with Gasteiger partial charge in [0.05, 0.1) is 16.9 Å². The fourth-order valence-corrected chi connectivity index (χ4v) is 9.28. The Morgan fingerprint density at radius 1 is 0.982 bits per heavy atom. The molecule has 7 rings (SSSR count). The van der Waals surface area contributed by atoms with Gasteiger partial charge >= 0.3 is 0 Å². The van der Waals surface area contributed by atoms with Gasteiger partial charge in [0.2, 0.25) is 0 Å². The molecule has 1 atom stereocenters. The van der Waals surface area contributed by atoms with Gasteiger partial charge in [-0.3, -0.25) is 19.8 Å². The average Bonchev–Trinajstić information content (AvgIpc) is 3.19. The molecule has 0 spiro atoms. The second-order valence-electron chi connectivity index (χ2n) is 13.4. The third-order valence-corrected chi connectivity index (χ3v) is 12.6. The van der Waals surface area contributed by atoms with Gasteiger partial charge in [0.25, 0.3) is 21.6 Å². The number of aryl methyl sites for hydroxylation is 1. The zero-order chi connectivity index (χ0) is 38.5. The smallest absolute Gasteiger partial charge is 0.293 e. The number of nitrogens with one attached hydrogen (secondary N) is 2. The van der Waals surface area contributed by atoms with Crippen LogP contribution in [0, 0.1) is 10.1 Å². The number of carbonyl (C=O) groups excluding carboxylic acids is 1. The molecular formula is C41H41Cl2N5O6S2. The predicted molar refractivity (Wildman–Crippen MR) is 225 cm³/mol. The van der Waals surface area contributed by atoms with E-state index in [0.29, 0.717) is 23.4 Å². The van der Waals surface area contributed by atoms with E-state index >= 15 is 0 Å². The first kappa shape index (κ1) is 40.9. The van der Waals surface area contributed by atoms with Crippen molar-refractivity contribution in [1.29, 1.82) is 0 Å². The molecule has 2 aliphatic rings. The zero-order valence-corrected chi connectivity index (χ0v) is 33.7. The summed E-state index contributed by atoms with van der Waals surface area (Å²) in [6, 6.07) is 33.1. The van der Waals surface area contributed by atoms with Crippen molar-refractivity contribution >= 4 is 68.8 Å². The van der Waals surface area contributed by atoms with E-state index in [-0.39, 0.29) is 28.6 Å². The number of anilines is 2.